The number of rotatable bonds is 0. The molecule has 0 atom stereocenters. The van der Waals surface area contributed by atoms with Gasteiger partial charge in [0.25, 0.3) is 0 Å². The standard InChI is InChI=1S/C6H6.Se/c1-2-4-6-5-3-1;/h1-6H;. The van der Waals surface area contributed by atoms with Crippen molar-refractivity contribution in [1.82, 2.24) is 0 Å². The Kier molecular flexibility index (Phi) is 3.77. The Morgan fingerprint density at radius 3 is 0.714 bits per heavy atom. The van der Waals surface area contributed by atoms with Crippen molar-refractivity contribution in [3.8, 4) is 0 Å². The topological polar surface area (TPSA) is 0 Å². The molecule has 0 aliphatic heterocycles. The summed E-state index contributed by atoms with van der Waals surface area (Å²) in [7, 11) is 0. The van der Waals surface area contributed by atoms with Gasteiger partial charge in [-0.25, -0.2) is 0 Å². The molecular formula is C6H6Se. The Labute approximate surface area is 54.0 Å². The molecular weight excluding hydrogens is 151 g/mol. The fourth-order valence-electron chi connectivity index (χ4n) is 0.385. The number of benzene rings is 1. The van der Waals surface area contributed by atoms with Gasteiger partial charge in [0, 0.05) is 17.1 Å². The van der Waals surface area contributed by atoms with Crippen LogP contribution in [0.4, 0.5) is 0 Å². The van der Waals surface area contributed by atoms with E-state index in [-0.39, 0.29) is 17.1 Å². The molecule has 1 heteroatoms. The monoisotopic (exact) mass is 158 g/mol. The molecule has 0 N–H and O–H groups in total. The smallest absolute Gasteiger partial charge is 0 e. The molecule has 1 rings (SSSR count). The van der Waals surface area contributed by atoms with Gasteiger partial charge in [0.05, 0.1) is 0 Å². The Morgan fingerprint density at radius 2 is 0.571 bits per heavy atom. The van der Waals surface area contributed by atoms with Crippen LogP contribution < -0.4 is 0 Å². The average molecular weight is 157 g/mol. The van der Waals surface area contributed by atoms with Crippen LogP contribution in [-0.2, 0) is 0 Å². The number of hydrogen-bond donors (Lipinski definition) is 0. The van der Waals surface area contributed by atoms with Gasteiger partial charge < -0.3 is 0 Å². The average Bonchev–Trinajstić information content (AvgIpc) is 1.72. The first-order chi connectivity index (χ1) is 3.00. The molecule has 0 nitrogen and oxygen atoms in total. The van der Waals surface area contributed by atoms with Gasteiger partial charge in [-0.3, -0.25) is 0 Å². The molecule has 2 radical (unpaired) electrons. The molecule has 0 fully saturated rings. The van der Waals surface area contributed by atoms with Crippen molar-refractivity contribution in [2.45, 2.75) is 0 Å². The third-order valence-electron chi connectivity index (χ3n) is 0.667. The summed E-state index contributed by atoms with van der Waals surface area (Å²) < 4.78 is 0. The first kappa shape index (κ1) is 6.74. The molecule has 0 aliphatic rings. The molecule has 1 aromatic rings. The summed E-state index contributed by atoms with van der Waals surface area (Å²) in [5.74, 6) is 0. The van der Waals surface area contributed by atoms with Gasteiger partial charge in [0.1, 0.15) is 0 Å². The summed E-state index contributed by atoms with van der Waals surface area (Å²) in [5.41, 5.74) is 0. The molecule has 36 valence electrons. The quantitative estimate of drug-likeness (QED) is 0.498. The Morgan fingerprint density at radius 1 is 0.429 bits per heavy atom. The van der Waals surface area contributed by atoms with Crippen LogP contribution in [0.3, 0.4) is 0 Å². The molecule has 1 aromatic carbocycles. The fourth-order valence-corrected chi connectivity index (χ4v) is 0.385. The zero-order valence-electron chi connectivity index (χ0n) is 3.87. The van der Waals surface area contributed by atoms with E-state index in [0.717, 1.165) is 0 Å². The molecule has 0 unspecified atom stereocenters. The second-order valence-corrected chi connectivity index (χ2v) is 1.15. The summed E-state index contributed by atoms with van der Waals surface area (Å²) in [5, 5.41) is 0. The van der Waals surface area contributed by atoms with Crippen LogP contribution >= 0.6 is 0 Å². The Hall–Kier alpha value is -0.261. The summed E-state index contributed by atoms with van der Waals surface area (Å²) in [6.45, 7) is 0. The van der Waals surface area contributed by atoms with Gasteiger partial charge >= 0.3 is 0 Å². The van der Waals surface area contributed by atoms with E-state index in [1.165, 1.54) is 0 Å². The van der Waals surface area contributed by atoms with Crippen molar-refractivity contribution in [3.05, 3.63) is 36.4 Å². The van der Waals surface area contributed by atoms with Crippen LogP contribution in [0.5, 0.6) is 0 Å². The SMILES string of the molecule is [Se].c1ccccc1. The van der Waals surface area contributed by atoms with Crippen molar-refractivity contribution in [2.24, 2.45) is 0 Å². The first-order valence-electron chi connectivity index (χ1n) is 2.00. The largest absolute Gasteiger partial charge is 0.0623 e. The van der Waals surface area contributed by atoms with Gasteiger partial charge in [-0.05, 0) is 0 Å². The maximum atomic E-state index is 2.00. The molecule has 7 heavy (non-hydrogen) atoms. The van der Waals surface area contributed by atoms with Crippen LogP contribution in [-0.4, -0.2) is 17.1 Å². The molecule has 0 saturated heterocycles. The van der Waals surface area contributed by atoms with E-state index in [1.807, 2.05) is 36.4 Å². The fraction of sp³-hybridized carbons (Fsp3) is 0. The van der Waals surface area contributed by atoms with Gasteiger partial charge in [-0.1, -0.05) is 36.4 Å². The second kappa shape index (κ2) is 3.91. The summed E-state index contributed by atoms with van der Waals surface area (Å²) >= 11 is 0. The molecule has 0 spiro atoms. The van der Waals surface area contributed by atoms with Crippen molar-refractivity contribution < 1.29 is 0 Å². The molecule has 0 bridgehead atoms. The first-order valence-corrected chi connectivity index (χ1v) is 2.00. The molecule has 0 aromatic heterocycles. The van der Waals surface area contributed by atoms with E-state index in [1.54, 1.807) is 0 Å². The van der Waals surface area contributed by atoms with Crippen LogP contribution in [0.15, 0.2) is 36.4 Å². The summed E-state index contributed by atoms with van der Waals surface area (Å²) in [6.07, 6.45) is 0. The van der Waals surface area contributed by atoms with Crippen LogP contribution in [0, 0.1) is 0 Å². The second-order valence-electron chi connectivity index (χ2n) is 1.15. The zero-order valence-corrected chi connectivity index (χ0v) is 5.59. The normalized spacial score (nSPS) is 6.86. The van der Waals surface area contributed by atoms with E-state index in [2.05, 4.69) is 0 Å². The minimum atomic E-state index is 0. The molecule has 0 saturated carbocycles. The summed E-state index contributed by atoms with van der Waals surface area (Å²) in [6, 6.07) is 12.0. The molecule has 0 heterocycles. The molecule has 0 amide bonds. The van der Waals surface area contributed by atoms with E-state index < -0.39 is 0 Å². The predicted octanol–water partition coefficient (Wildman–Crippen LogP) is 1.31. The maximum Gasteiger partial charge on any atom is 0 e. The number of hydrogen-bond acceptors (Lipinski definition) is 0. The van der Waals surface area contributed by atoms with E-state index in [9.17, 15) is 0 Å². The van der Waals surface area contributed by atoms with Crippen LogP contribution in [0.2, 0.25) is 0 Å². The Bertz CT molecular complexity index is 76.1. The van der Waals surface area contributed by atoms with E-state index in [0.29, 0.717) is 0 Å². The zero-order chi connectivity index (χ0) is 4.24. The van der Waals surface area contributed by atoms with Gasteiger partial charge in [-0.15, -0.1) is 0 Å². The van der Waals surface area contributed by atoms with Crippen molar-refractivity contribution in [3.63, 3.8) is 0 Å². The van der Waals surface area contributed by atoms with Crippen molar-refractivity contribution in [1.29, 1.82) is 0 Å². The third kappa shape index (κ3) is 2.44. The van der Waals surface area contributed by atoms with E-state index in [4.69, 9.17) is 0 Å². The minimum absolute atomic E-state index is 0. The van der Waals surface area contributed by atoms with Gasteiger partial charge in [0.15, 0.2) is 0 Å². The van der Waals surface area contributed by atoms with Crippen molar-refractivity contribution >= 4 is 17.1 Å². The third-order valence-corrected chi connectivity index (χ3v) is 0.667. The summed E-state index contributed by atoms with van der Waals surface area (Å²) in [4.78, 5) is 0. The van der Waals surface area contributed by atoms with E-state index >= 15 is 0 Å². The van der Waals surface area contributed by atoms with Gasteiger partial charge in [-0.2, -0.15) is 0 Å². The maximum absolute atomic E-state index is 2.00. The van der Waals surface area contributed by atoms with Crippen LogP contribution in [0.1, 0.15) is 0 Å². The molecule has 0 aliphatic carbocycles. The van der Waals surface area contributed by atoms with Crippen LogP contribution in [0.25, 0.3) is 0 Å². The Balaban J connectivity index is 0.000000360. The van der Waals surface area contributed by atoms with Crippen molar-refractivity contribution in [2.75, 3.05) is 0 Å². The minimum Gasteiger partial charge on any atom is -0.0623 e. The van der Waals surface area contributed by atoms with Gasteiger partial charge in [0.2, 0.25) is 0 Å². The predicted molar refractivity (Wildman–Crippen MR) is 32.2 cm³/mol.